The first-order chi connectivity index (χ1) is 10.7. The quantitative estimate of drug-likeness (QED) is 0.880. The summed E-state index contributed by atoms with van der Waals surface area (Å²) in [6, 6.07) is 7.71. The summed E-state index contributed by atoms with van der Waals surface area (Å²) >= 11 is 0. The lowest BCUT2D eigenvalue weighted by molar-refractivity contribution is 0.0539. The molecule has 1 aromatic heterocycles. The normalized spacial score (nSPS) is 12.9. The molecule has 0 unspecified atom stereocenters. The highest BCUT2D eigenvalue weighted by molar-refractivity contribution is 5.93. The number of hydrogen-bond donors (Lipinski definition) is 1. The molecular formula is C19H23NO3. The number of aliphatic hydroxyl groups is 1. The number of aryl methyl sites for hydroxylation is 1. The van der Waals surface area contributed by atoms with Gasteiger partial charge in [-0.2, -0.15) is 0 Å². The van der Waals surface area contributed by atoms with Gasteiger partial charge in [0.2, 0.25) is 0 Å². The van der Waals surface area contributed by atoms with Crippen molar-refractivity contribution in [3.8, 4) is 12.3 Å². The molecule has 23 heavy (non-hydrogen) atoms. The van der Waals surface area contributed by atoms with Crippen molar-refractivity contribution in [3.05, 3.63) is 35.5 Å². The first-order valence-corrected chi connectivity index (χ1v) is 7.71. The van der Waals surface area contributed by atoms with Crippen molar-refractivity contribution in [2.75, 3.05) is 0 Å². The van der Waals surface area contributed by atoms with Crippen LogP contribution in [0.3, 0.4) is 0 Å². The van der Waals surface area contributed by atoms with Crippen LogP contribution in [0.2, 0.25) is 0 Å². The van der Waals surface area contributed by atoms with Crippen LogP contribution in [0, 0.1) is 19.3 Å². The maximum atomic E-state index is 12.7. The van der Waals surface area contributed by atoms with Gasteiger partial charge in [-0.3, -0.25) is 0 Å². The summed E-state index contributed by atoms with van der Waals surface area (Å²) in [6.45, 7) is 7.49. The third-order valence-corrected chi connectivity index (χ3v) is 3.67. The van der Waals surface area contributed by atoms with Crippen LogP contribution in [0.4, 0.5) is 4.79 Å². The SMILES string of the molecule is C#C[C@H](O)CCc1c(C)c2ccccc2n1C(=O)OC(C)(C)C. The van der Waals surface area contributed by atoms with E-state index in [1.54, 1.807) is 4.57 Å². The van der Waals surface area contributed by atoms with Gasteiger partial charge in [0.15, 0.2) is 0 Å². The molecule has 4 heteroatoms. The van der Waals surface area contributed by atoms with Crippen LogP contribution in [0.15, 0.2) is 24.3 Å². The molecule has 0 fully saturated rings. The number of rotatable bonds is 3. The van der Waals surface area contributed by atoms with E-state index in [0.29, 0.717) is 12.8 Å². The van der Waals surface area contributed by atoms with Crippen molar-refractivity contribution < 1.29 is 14.6 Å². The molecule has 0 aliphatic rings. The van der Waals surface area contributed by atoms with E-state index in [1.807, 2.05) is 52.0 Å². The number of ether oxygens (including phenoxy) is 1. The lowest BCUT2D eigenvalue weighted by atomic mass is 10.1. The largest absolute Gasteiger partial charge is 0.443 e. The first kappa shape index (κ1) is 17.1. The fourth-order valence-corrected chi connectivity index (χ4v) is 2.63. The van der Waals surface area contributed by atoms with Crippen LogP contribution in [0.5, 0.6) is 0 Å². The Labute approximate surface area is 137 Å². The monoisotopic (exact) mass is 313 g/mol. The van der Waals surface area contributed by atoms with Crippen LogP contribution in [-0.2, 0) is 11.2 Å². The van der Waals surface area contributed by atoms with Gasteiger partial charge in [0.1, 0.15) is 11.7 Å². The Kier molecular flexibility index (Phi) is 4.82. The number of terminal acetylenes is 1. The Morgan fingerprint density at radius 2 is 2.04 bits per heavy atom. The average molecular weight is 313 g/mol. The predicted octanol–water partition coefficient (Wildman–Crippen LogP) is 3.66. The van der Waals surface area contributed by atoms with Crippen molar-refractivity contribution in [2.24, 2.45) is 0 Å². The second kappa shape index (κ2) is 6.47. The molecule has 0 saturated carbocycles. The fraction of sp³-hybridized carbons (Fsp3) is 0.421. The molecule has 0 aliphatic heterocycles. The third-order valence-electron chi connectivity index (χ3n) is 3.67. The van der Waals surface area contributed by atoms with Crippen molar-refractivity contribution >= 4 is 17.0 Å². The van der Waals surface area contributed by atoms with Crippen LogP contribution in [0.25, 0.3) is 10.9 Å². The van der Waals surface area contributed by atoms with Gasteiger partial charge in [-0.15, -0.1) is 6.42 Å². The van der Waals surface area contributed by atoms with Crippen molar-refractivity contribution in [2.45, 2.75) is 52.2 Å². The Morgan fingerprint density at radius 1 is 1.39 bits per heavy atom. The van der Waals surface area contributed by atoms with Gasteiger partial charge in [-0.1, -0.05) is 24.1 Å². The average Bonchev–Trinajstić information content (AvgIpc) is 2.76. The van der Waals surface area contributed by atoms with Gasteiger partial charge in [-0.25, -0.2) is 9.36 Å². The van der Waals surface area contributed by atoms with Crippen LogP contribution < -0.4 is 0 Å². The minimum Gasteiger partial charge on any atom is -0.443 e. The molecule has 1 N–H and O–H groups in total. The van der Waals surface area contributed by atoms with Gasteiger partial charge >= 0.3 is 6.09 Å². The number of fused-ring (bicyclic) bond motifs is 1. The molecular weight excluding hydrogens is 290 g/mol. The highest BCUT2D eigenvalue weighted by Crippen LogP contribution is 2.28. The van der Waals surface area contributed by atoms with Crippen molar-refractivity contribution in [1.29, 1.82) is 0 Å². The second-order valence-corrected chi connectivity index (χ2v) is 6.63. The van der Waals surface area contributed by atoms with Crippen LogP contribution in [0.1, 0.15) is 38.4 Å². The number of carbonyl (C=O) groups is 1. The maximum absolute atomic E-state index is 12.7. The van der Waals surface area contributed by atoms with Gasteiger partial charge in [0, 0.05) is 11.1 Å². The zero-order chi connectivity index (χ0) is 17.2. The Morgan fingerprint density at radius 3 is 2.65 bits per heavy atom. The molecule has 122 valence electrons. The summed E-state index contributed by atoms with van der Waals surface area (Å²) in [5, 5.41) is 10.6. The Balaban J connectivity index is 2.51. The number of carbonyl (C=O) groups excluding carboxylic acids is 1. The summed E-state index contributed by atoms with van der Waals surface area (Å²) in [4.78, 5) is 12.7. The summed E-state index contributed by atoms with van der Waals surface area (Å²) in [6.07, 6.45) is 4.91. The molecule has 0 saturated heterocycles. The highest BCUT2D eigenvalue weighted by atomic mass is 16.6. The minimum absolute atomic E-state index is 0.399. The van der Waals surface area contributed by atoms with Crippen molar-refractivity contribution in [3.63, 3.8) is 0 Å². The van der Waals surface area contributed by atoms with Gasteiger partial charge in [0.25, 0.3) is 0 Å². The van der Waals surface area contributed by atoms with E-state index < -0.39 is 17.8 Å². The molecule has 2 rings (SSSR count). The Hall–Kier alpha value is -2.25. The number of para-hydroxylation sites is 1. The van der Waals surface area contributed by atoms with Gasteiger partial charge in [0.05, 0.1) is 5.52 Å². The molecule has 0 spiro atoms. The molecule has 0 aliphatic carbocycles. The van der Waals surface area contributed by atoms with E-state index in [4.69, 9.17) is 11.2 Å². The minimum atomic E-state index is -0.820. The lowest BCUT2D eigenvalue weighted by Gasteiger charge is -2.21. The van der Waals surface area contributed by atoms with E-state index in [-0.39, 0.29) is 0 Å². The van der Waals surface area contributed by atoms with Crippen molar-refractivity contribution in [1.82, 2.24) is 4.57 Å². The molecule has 4 nitrogen and oxygen atoms in total. The van der Waals surface area contributed by atoms with Crippen LogP contribution in [-0.4, -0.2) is 27.5 Å². The smallest absolute Gasteiger partial charge is 0.419 e. The zero-order valence-electron chi connectivity index (χ0n) is 14.1. The highest BCUT2D eigenvalue weighted by Gasteiger charge is 2.24. The number of aromatic nitrogens is 1. The Bertz CT molecular complexity index is 759. The maximum Gasteiger partial charge on any atom is 0.419 e. The molecule has 2 aromatic rings. The number of aliphatic hydroxyl groups excluding tert-OH is 1. The molecule has 1 atom stereocenters. The molecule has 1 aromatic carbocycles. The molecule has 1 heterocycles. The van der Waals surface area contributed by atoms with Gasteiger partial charge in [-0.05, 0) is 52.2 Å². The zero-order valence-corrected chi connectivity index (χ0v) is 14.1. The number of hydrogen-bond acceptors (Lipinski definition) is 3. The predicted molar refractivity (Wildman–Crippen MR) is 91.5 cm³/mol. The lowest BCUT2D eigenvalue weighted by Crippen LogP contribution is -2.28. The summed E-state index contributed by atoms with van der Waals surface area (Å²) in [5.74, 6) is 2.31. The van der Waals surface area contributed by atoms with E-state index in [1.165, 1.54) is 0 Å². The van der Waals surface area contributed by atoms with Crippen LogP contribution >= 0.6 is 0 Å². The first-order valence-electron chi connectivity index (χ1n) is 7.71. The fourth-order valence-electron chi connectivity index (χ4n) is 2.63. The molecule has 0 amide bonds. The third kappa shape index (κ3) is 3.75. The standard InChI is InChI=1S/C19H23NO3/c1-6-14(21)11-12-16-13(2)15-9-7-8-10-17(15)20(16)18(22)23-19(3,4)5/h1,7-10,14,21H,11-12H2,2-5H3/t14-/m0/s1. The summed E-state index contributed by atoms with van der Waals surface area (Å²) in [7, 11) is 0. The topological polar surface area (TPSA) is 51.5 Å². The summed E-state index contributed by atoms with van der Waals surface area (Å²) < 4.78 is 7.14. The van der Waals surface area contributed by atoms with E-state index >= 15 is 0 Å². The van der Waals surface area contributed by atoms with E-state index in [0.717, 1.165) is 22.2 Å². The summed E-state index contributed by atoms with van der Waals surface area (Å²) in [5.41, 5.74) is 2.07. The molecule has 0 radical (unpaired) electrons. The van der Waals surface area contributed by atoms with E-state index in [2.05, 4.69) is 5.92 Å². The number of nitrogens with zero attached hydrogens (tertiary/aromatic N) is 1. The second-order valence-electron chi connectivity index (χ2n) is 6.63. The van der Waals surface area contributed by atoms with E-state index in [9.17, 15) is 9.90 Å². The van der Waals surface area contributed by atoms with Gasteiger partial charge < -0.3 is 9.84 Å². The molecule has 0 bridgehead atoms. The number of benzene rings is 1.